The molecule has 0 bridgehead atoms. The molecule has 1 fully saturated rings. The number of hydrogen-bond donors (Lipinski definition) is 1. The second kappa shape index (κ2) is 9.49. The van der Waals surface area contributed by atoms with Crippen molar-refractivity contribution in [2.75, 3.05) is 25.0 Å². The van der Waals surface area contributed by atoms with Crippen LogP contribution in [-0.4, -0.2) is 48.2 Å². The molecule has 0 saturated carbocycles. The van der Waals surface area contributed by atoms with Crippen molar-refractivity contribution in [1.82, 2.24) is 4.90 Å². The Morgan fingerprint density at radius 2 is 1.57 bits per heavy atom. The van der Waals surface area contributed by atoms with Crippen LogP contribution in [0.2, 0.25) is 0 Å². The molecule has 0 unspecified atom stereocenters. The zero-order valence-electron chi connectivity index (χ0n) is 18.9. The van der Waals surface area contributed by atoms with Gasteiger partial charge in [-0.3, -0.25) is 9.59 Å². The molecule has 1 heterocycles. The van der Waals surface area contributed by atoms with Gasteiger partial charge >= 0.3 is 12.1 Å². The highest BCUT2D eigenvalue weighted by atomic mass is 16.6. The summed E-state index contributed by atoms with van der Waals surface area (Å²) in [5.41, 5.74) is 1.32. The SMILES string of the molecule is CC(C)(C)OC(=O)N1CCC(C(=O)OCC(=O)Nc2ccc(C(C)(C)C)cc2)CC1. The van der Waals surface area contributed by atoms with Crippen molar-refractivity contribution in [2.24, 2.45) is 5.92 Å². The standard InChI is InChI=1S/C23H34N2O5/c1-22(2,3)17-7-9-18(10-8-17)24-19(26)15-29-20(27)16-11-13-25(14-12-16)21(28)30-23(4,5)6/h7-10,16H,11-15H2,1-6H3,(H,24,26). The molecule has 2 amide bonds. The number of carbonyl (C=O) groups is 3. The molecule has 0 spiro atoms. The van der Waals surface area contributed by atoms with Crippen LogP contribution in [0.3, 0.4) is 0 Å². The number of esters is 1. The number of hydrogen-bond acceptors (Lipinski definition) is 5. The maximum atomic E-state index is 12.3. The highest BCUT2D eigenvalue weighted by Gasteiger charge is 2.31. The van der Waals surface area contributed by atoms with Gasteiger partial charge in [0.2, 0.25) is 0 Å². The van der Waals surface area contributed by atoms with Gasteiger partial charge in [-0.1, -0.05) is 32.9 Å². The number of anilines is 1. The quantitative estimate of drug-likeness (QED) is 0.744. The third kappa shape index (κ3) is 7.35. The summed E-state index contributed by atoms with van der Waals surface area (Å²) < 4.78 is 10.5. The van der Waals surface area contributed by atoms with Crippen LogP contribution in [0, 0.1) is 5.92 Å². The molecule has 166 valence electrons. The third-order valence-corrected chi connectivity index (χ3v) is 4.86. The largest absolute Gasteiger partial charge is 0.455 e. The highest BCUT2D eigenvalue weighted by Crippen LogP contribution is 2.24. The van der Waals surface area contributed by atoms with E-state index in [4.69, 9.17) is 9.47 Å². The van der Waals surface area contributed by atoms with Crippen LogP contribution in [0.4, 0.5) is 10.5 Å². The molecule has 0 aliphatic carbocycles. The van der Waals surface area contributed by atoms with Crippen molar-refractivity contribution in [3.8, 4) is 0 Å². The summed E-state index contributed by atoms with van der Waals surface area (Å²) in [4.78, 5) is 38.1. The second-order valence-electron chi connectivity index (χ2n) is 9.72. The van der Waals surface area contributed by atoms with Gasteiger partial charge in [0.25, 0.3) is 5.91 Å². The Morgan fingerprint density at radius 1 is 1.00 bits per heavy atom. The van der Waals surface area contributed by atoms with Gasteiger partial charge in [-0.2, -0.15) is 0 Å². The lowest BCUT2D eigenvalue weighted by atomic mass is 9.87. The van der Waals surface area contributed by atoms with Crippen molar-refractivity contribution >= 4 is 23.7 Å². The van der Waals surface area contributed by atoms with Crippen LogP contribution in [0.5, 0.6) is 0 Å². The number of benzene rings is 1. The smallest absolute Gasteiger partial charge is 0.410 e. The molecule has 0 radical (unpaired) electrons. The van der Waals surface area contributed by atoms with Crippen molar-refractivity contribution in [3.63, 3.8) is 0 Å². The minimum Gasteiger partial charge on any atom is -0.455 e. The van der Waals surface area contributed by atoms with Gasteiger partial charge < -0.3 is 19.7 Å². The number of carbonyl (C=O) groups excluding carboxylic acids is 3. The Hall–Kier alpha value is -2.57. The minimum atomic E-state index is -0.548. The number of likely N-dealkylation sites (tertiary alicyclic amines) is 1. The van der Waals surface area contributed by atoms with E-state index in [0.29, 0.717) is 31.6 Å². The normalized spacial score (nSPS) is 15.5. The predicted molar refractivity (Wildman–Crippen MR) is 115 cm³/mol. The first kappa shape index (κ1) is 23.7. The van der Waals surface area contributed by atoms with Crippen molar-refractivity contribution in [1.29, 1.82) is 0 Å². The molecular formula is C23H34N2O5. The van der Waals surface area contributed by atoms with Gasteiger partial charge in [0, 0.05) is 18.8 Å². The molecule has 1 aliphatic rings. The maximum Gasteiger partial charge on any atom is 0.410 e. The molecule has 1 aliphatic heterocycles. The molecule has 1 aromatic rings. The van der Waals surface area contributed by atoms with Crippen molar-refractivity contribution < 1.29 is 23.9 Å². The molecule has 0 aromatic heterocycles. The van der Waals surface area contributed by atoms with Gasteiger partial charge in [0.05, 0.1) is 5.92 Å². The summed E-state index contributed by atoms with van der Waals surface area (Å²) in [5.74, 6) is -1.10. The summed E-state index contributed by atoms with van der Waals surface area (Å²) in [6.07, 6.45) is 0.619. The second-order valence-corrected chi connectivity index (χ2v) is 9.72. The van der Waals surface area contributed by atoms with Gasteiger partial charge in [0.1, 0.15) is 5.60 Å². The predicted octanol–water partition coefficient (Wildman–Crippen LogP) is 4.11. The van der Waals surface area contributed by atoms with E-state index in [2.05, 4.69) is 26.1 Å². The van der Waals surface area contributed by atoms with Crippen LogP contribution in [0.25, 0.3) is 0 Å². The van der Waals surface area contributed by atoms with Crippen molar-refractivity contribution in [3.05, 3.63) is 29.8 Å². The van der Waals surface area contributed by atoms with E-state index < -0.39 is 11.6 Å². The van der Waals surface area contributed by atoms with Crippen LogP contribution >= 0.6 is 0 Å². The zero-order chi connectivity index (χ0) is 22.5. The van der Waals surface area contributed by atoms with Crippen LogP contribution in [-0.2, 0) is 24.5 Å². The Morgan fingerprint density at radius 3 is 2.07 bits per heavy atom. The highest BCUT2D eigenvalue weighted by molar-refractivity contribution is 5.92. The monoisotopic (exact) mass is 418 g/mol. The zero-order valence-corrected chi connectivity index (χ0v) is 18.9. The Balaban J connectivity index is 1.74. The van der Waals surface area contributed by atoms with E-state index >= 15 is 0 Å². The summed E-state index contributed by atoms with van der Waals surface area (Å²) in [7, 11) is 0. The van der Waals surface area contributed by atoms with Crippen LogP contribution in [0.15, 0.2) is 24.3 Å². The average molecular weight is 419 g/mol. The fraction of sp³-hybridized carbons (Fsp3) is 0.609. The number of nitrogens with zero attached hydrogens (tertiary/aromatic N) is 1. The topological polar surface area (TPSA) is 84.9 Å². The average Bonchev–Trinajstić information content (AvgIpc) is 2.64. The van der Waals surface area contributed by atoms with E-state index in [9.17, 15) is 14.4 Å². The maximum absolute atomic E-state index is 12.3. The molecule has 30 heavy (non-hydrogen) atoms. The molecule has 0 atom stereocenters. The van der Waals surface area contributed by atoms with Gasteiger partial charge in [-0.25, -0.2) is 4.79 Å². The van der Waals surface area contributed by atoms with Crippen molar-refractivity contribution in [2.45, 2.75) is 65.4 Å². The van der Waals surface area contributed by atoms with E-state index in [1.807, 2.05) is 45.0 Å². The third-order valence-electron chi connectivity index (χ3n) is 4.86. The summed E-state index contributed by atoms with van der Waals surface area (Å²) in [5, 5.41) is 2.74. The number of ether oxygens (including phenoxy) is 2. The lowest BCUT2D eigenvalue weighted by Crippen LogP contribution is -2.43. The Labute approximate surface area is 179 Å². The van der Waals surface area contributed by atoms with Gasteiger partial charge in [-0.05, 0) is 56.7 Å². The molecule has 1 N–H and O–H groups in total. The molecular weight excluding hydrogens is 384 g/mol. The number of rotatable bonds is 4. The molecule has 7 nitrogen and oxygen atoms in total. The summed E-state index contributed by atoms with van der Waals surface area (Å²) in [6.45, 7) is 12.4. The number of piperidine rings is 1. The molecule has 1 saturated heterocycles. The van der Waals surface area contributed by atoms with E-state index in [0.717, 1.165) is 0 Å². The van der Waals surface area contributed by atoms with E-state index in [1.54, 1.807) is 4.90 Å². The lowest BCUT2D eigenvalue weighted by molar-refractivity contribution is -0.153. The minimum absolute atomic E-state index is 0.0388. The summed E-state index contributed by atoms with van der Waals surface area (Å²) in [6, 6.07) is 7.62. The number of amides is 2. The van der Waals surface area contributed by atoms with Gasteiger partial charge in [-0.15, -0.1) is 0 Å². The van der Waals surface area contributed by atoms with Crippen LogP contribution in [0.1, 0.15) is 59.9 Å². The first-order chi connectivity index (χ1) is 13.8. The molecule has 7 heteroatoms. The number of nitrogens with one attached hydrogen (secondary N) is 1. The van der Waals surface area contributed by atoms with E-state index in [1.165, 1.54) is 5.56 Å². The lowest BCUT2D eigenvalue weighted by Gasteiger charge is -2.32. The first-order valence-corrected chi connectivity index (χ1v) is 10.4. The van der Waals surface area contributed by atoms with Gasteiger partial charge in [0.15, 0.2) is 6.61 Å². The fourth-order valence-corrected chi connectivity index (χ4v) is 3.13. The first-order valence-electron chi connectivity index (χ1n) is 10.4. The van der Waals surface area contributed by atoms with E-state index in [-0.39, 0.29) is 29.9 Å². The van der Waals surface area contributed by atoms with Crippen LogP contribution < -0.4 is 5.32 Å². The molecule has 1 aromatic carbocycles. The Kier molecular flexibility index (Phi) is 7.50. The fourth-order valence-electron chi connectivity index (χ4n) is 3.13. The Bertz CT molecular complexity index is 751. The molecule has 2 rings (SSSR count). The summed E-state index contributed by atoms with van der Waals surface area (Å²) >= 11 is 0.